The fourth-order valence-corrected chi connectivity index (χ4v) is 4.75. The largest absolute Gasteiger partial charge is 0.360 e. The smallest absolute Gasteiger partial charge is 0.243 e. The maximum absolute atomic E-state index is 14.5. The lowest BCUT2D eigenvalue weighted by Gasteiger charge is -2.31. The second-order valence-electron chi connectivity index (χ2n) is 7.60. The van der Waals surface area contributed by atoms with Gasteiger partial charge in [0.1, 0.15) is 5.82 Å². The number of rotatable bonds is 5. The van der Waals surface area contributed by atoms with Crippen LogP contribution in [0.3, 0.4) is 0 Å². The number of hydrogen-bond acceptors (Lipinski definition) is 4. The van der Waals surface area contributed by atoms with E-state index in [1.165, 1.54) is 26.2 Å². The predicted molar refractivity (Wildman–Crippen MR) is 112 cm³/mol. The Bertz CT molecular complexity index is 1050. The highest BCUT2D eigenvalue weighted by atomic mass is 32.2. The minimum atomic E-state index is -3.62. The summed E-state index contributed by atoms with van der Waals surface area (Å²) in [5.74, 6) is -0.642. The van der Waals surface area contributed by atoms with Crippen LogP contribution in [0.4, 0.5) is 15.8 Å². The Morgan fingerprint density at radius 1 is 1.21 bits per heavy atom. The number of nitrogens with one attached hydrogen (secondary N) is 1. The molecule has 0 bridgehead atoms. The van der Waals surface area contributed by atoms with E-state index in [1.54, 1.807) is 24.0 Å². The number of aryl methyl sites for hydroxylation is 3. The summed E-state index contributed by atoms with van der Waals surface area (Å²) in [6.07, 6.45) is 1.63. The van der Waals surface area contributed by atoms with Gasteiger partial charge in [-0.25, -0.2) is 17.1 Å². The summed E-state index contributed by atoms with van der Waals surface area (Å²) < 4.78 is 40.6. The van der Waals surface area contributed by atoms with Gasteiger partial charge in [-0.05, 0) is 61.6 Å². The lowest BCUT2D eigenvalue weighted by Crippen LogP contribution is -2.37. The van der Waals surface area contributed by atoms with Crippen LogP contribution >= 0.6 is 0 Å². The van der Waals surface area contributed by atoms with Crippen LogP contribution < -0.4 is 10.2 Å². The molecule has 0 saturated heterocycles. The fraction of sp³-hybridized carbons (Fsp3) is 0.381. The number of carbonyl (C=O) groups excluding carboxylic acids is 1. The molecular formula is C21H26FN3O3S. The second kappa shape index (κ2) is 8.12. The number of carbonyl (C=O) groups is 1. The molecule has 0 spiro atoms. The highest BCUT2D eigenvalue weighted by Crippen LogP contribution is 2.31. The third-order valence-corrected chi connectivity index (χ3v) is 7.00. The number of sulfonamides is 1. The molecule has 1 aliphatic rings. The lowest BCUT2D eigenvalue weighted by atomic mass is 9.99. The highest BCUT2D eigenvalue weighted by Gasteiger charge is 2.24. The summed E-state index contributed by atoms with van der Waals surface area (Å²) in [5.41, 5.74) is 3.25. The highest BCUT2D eigenvalue weighted by molar-refractivity contribution is 7.89. The molecule has 0 radical (unpaired) electrons. The number of benzene rings is 2. The zero-order valence-electron chi connectivity index (χ0n) is 17.1. The molecule has 0 saturated carbocycles. The van der Waals surface area contributed by atoms with Gasteiger partial charge >= 0.3 is 0 Å². The zero-order chi connectivity index (χ0) is 21.3. The average molecular weight is 420 g/mol. The Labute approximate surface area is 171 Å². The number of anilines is 2. The van der Waals surface area contributed by atoms with Gasteiger partial charge in [-0.1, -0.05) is 12.1 Å². The van der Waals surface area contributed by atoms with Crippen LogP contribution in [0.1, 0.15) is 23.1 Å². The van der Waals surface area contributed by atoms with Gasteiger partial charge in [-0.2, -0.15) is 0 Å². The van der Waals surface area contributed by atoms with E-state index >= 15 is 0 Å². The number of amides is 1. The molecule has 29 heavy (non-hydrogen) atoms. The van der Waals surface area contributed by atoms with E-state index in [2.05, 4.69) is 5.32 Å². The molecule has 1 aliphatic heterocycles. The first kappa shape index (κ1) is 21.3. The van der Waals surface area contributed by atoms with Crippen LogP contribution in [0.5, 0.6) is 0 Å². The maximum atomic E-state index is 14.5. The normalized spacial score (nSPS) is 14.1. The quantitative estimate of drug-likeness (QED) is 0.809. The third-order valence-electron chi connectivity index (χ3n) is 5.04. The van der Waals surface area contributed by atoms with Gasteiger partial charge in [0.15, 0.2) is 0 Å². The molecule has 1 heterocycles. The summed E-state index contributed by atoms with van der Waals surface area (Å²) in [4.78, 5) is 14.5. The van der Waals surface area contributed by atoms with Crippen LogP contribution in [0, 0.1) is 19.7 Å². The van der Waals surface area contributed by atoms with Gasteiger partial charge in [0.2, 0.25) is 15.9 Å². The molecule has 3 rings (SSSR count). The van der Waals surface area contributed by atoms with Crippen LogP contribution in [0.15, 0.2) is 35.2 Å². The maximum Gasteiger partial charge on any atom is 0.243 e. The molecule has 0 atom stereocenters. The first-order chi connectivity index (χ1) is 13.6. The van der Waals surface area contributed by atoms with Crippen molar-refractivity contribution >= 4 is 27.3 Å². The van der Waals surface area contributed by atoms with Crippen molar-refractivity contribution in [1.29, 1.82) is 0 Å². The Morgan fingerprint density at radius 3 is 2.62 bits per heavy atom. The van der Waals surface area contributed by atoms with Crippen molar-refractivity contribution in [3.05, 3.63) is 52.8 Å². The Hall–Kier alpha value is -2.45. The molecule has 0 aromatic heterocycles. The van der Waals surface area contributed by atoms with Crippen molar-refractivity contribution in [2.75, 3.05) is 37.4 Å². The van der Waals surface area contributed by atoms with Gasteiger partial charge in [-0.15, -0.1) is 0 Å². The van der Waals surface area contributed by atoms with Crippen LogP contribution in [-0.2, 0) is 21.2 Å². The van der Waals surface area contributed by atoms with E-state index in [1.807, 2.05) is 13.0 Å². The third kappa shape index (κ3) is 4.43. The molecular weight excluding hydrogens is 393 g/mol. The van der Waals surface area contributed by atoms with Gasteiger partial charge < -0.3 is 10.2 Å². The Balaban J connectivity index is 1.80. The van der Waals surface area contributed by atoms with Crippen molar-refractivity contribution in [1.82, 2.24) is 4.31 Å². The standard InChI is InChI=1S/C21H26FN3O3S/c1-14-10-16-6-5-9-25(21(16)18(22)11-14)13-20(26)23-17-8-7-15(2)19(12-17)29(27,28)24(3)4/h7-8,10-12H,5-6,9,13H2,1-4H3,(H,23,26). The minimum absolute atomic E-state index is 0.00335. The minimum Gasteiger partial charge on any atom is -0.360 e. The van der Waals surface area contributed by atoms with E-state index in [-0.39, 0.29) is 23.2 Å². The summed E-state index contributed by atoms with van der Waals surface area (Å²) >= 11 is 0. The molecule has 2 aromatic rings. The van der Waals surface area contributed by atoms with Crippen LogP contribution in [-0.4, -0.2) is 45.8 Å². The van der Waals surface area contributed by atoms with Crippen LogP contribution in [0.25, 0.3) is 0 Å². The molecule has 0 unspecified atom stereocenters. The van der Waals surface area contributed by atoms with Crippen molar-refractivity contribution in [2.45, 2.75) is 31.6 Å². The first-order valence-electron chi connectivity index (χ1n) is 9.46. The van der Waals surface area contributed by atoms with Crippen molar-refractivity contribution < 1.29 is 17.6 Å². The predicted octanol–water partition coefficient (Wildman–Crippen LogP) is 3.08. The summed E-state index contributed by atoms with van der Waals surface area (Å²) in [6, 6.07) is 8.21. The summed E-state index contributed by atoms with van der Waals surface area (Å²) in [6.45, 7) is 4.15. The van der Waals surface area contributed by atoms with Crippen molar-refractivity contribution in [3.63, 3.8) is 0 Å². The fourth-order valence-electron chi connectivity index (χ4n) is 3.61. The van der Waals surface area contributed by atoms with E-state index in [9.17, 15) is 17.6 Å². The topological polar surface area (TPSA) is 69.7 Å². The molecule has 0 aliphatic carbocycles. The van der Waals surface area contributed by atoms with E-state index in [0.29, 0.717) is 23.5 Å². The van der Waals surface area contributed by atoms with Crippen LogP contribution in [0.2, 0.25) is 0 Å². The number of halogens is 1. The molecule has 1 N–H and O–H groups in total. The lowest BCUT2D eigenvalue weighted by molar-refractivity contribution is -0.115. The Kier molecular flexibility index (Phi) is 5.95. The van der Waals surface area contributed by atoms with E-state index in [0.717, 1.165) is 28.3 Å². The molecule has 1 amide bonds. The van der Waals surface area contributed by atoms with Gasteiger partial charge in [0.05, 0.1) is 17.1 Å². The Morgan fingerprint density at radius 2 is 1.93 bits per heavy atom. The first-order valence-corrected chi connectivity index (χ1v) is 10.9. The summed E-state index contributed by atoms with van der Waals surface area (Å²) in [7, 11) is -0.696. The molecule has 2 aromatic carbocycles. The molecule has 6 nitrogen and oxygen atoms in total. The van der Waals surface area contributed by atoms with Crippen molar-refractivity contribution in [3.8, 4) is 0 Å². The monoisotopic (exact) mass is 419 g/mol. The van der Waals surface area contributed by atoms with E-state index < -0.39 is 10.0 Å². The number of nitrogens with zero attached hydrogens (tertiary/aromatic N) is 2. The molecule has 156 valence electrons. The average Bonchev–Trinajstić information content (AvgIpc) is 2.62. The molecule has 8 heteroatoms. The van der Waals surface area contributed by atoms with Gasteiger partial charge in [0, 0.05) is 26.3 Å². The van der Waals surface area contributed by atoms with E-state index in [4.69, 9.17) is 0 Å². The number of fused-ring (bicyclic) bond motifs is 1. The molecule has 0 fully saturated rings. The second-order valence-corrected chi connectivity index (χ2v) is 9.72. The van der Waals surface area contributed by atoms with Crippen molar-refractivity contribution in [2.24, 2.45) is 0 Å². The summed E-state index contributed by atoms with van der Waals surface area (Å²) in [5, 5.41) is 2.74. The number of hydrogen-bond donors (Lipinski definition) is 1. The zero-order valence-corrected chi connectivity index (χ0v) is 17.9. The SMILES string of the molecule is Cc1cc(F)c2c(c1)CCCN2CC(=O)Nc1ccc(C)c(S(=O)(=O)N(C)C)c1. The van der Waals surface area contributed by atoms with Gasteiger partial charge in [-0.3, -0.25) is 4.79 Å². The van der Waals surface area contributed by atoms with Gasteiger partial charge in [0.25, 0.3) is 0 Å².